The van der Waals surface area contributed by atoms with Crippen molar-refractivity contribution < 1.29 is 17.6 Å². The Hall–Kier alpha value is -4.35. The molecule has 12 heteroatoms. The van der Waals surface area contributed by atoms with Crippen molar-refractivity contribution in [1.82, 2.24) is 34.9 Å². The lowest BCUT2D eigenvalue weighted by Gasteiger charge is -2.10. The Balaban J connectivity index is 1.40. The van der Waals surface area contributed by atoms with Crippen molar-refractivity contribution in [1.29, 1.82) is 0 Å². The van der Waals surface area contributed by atoms with E-state index < -0.39 is 17.6 Å². The van der Waals surface area contributed by atoms with Gasteiger partial charge >= 0.3 is 6.18 Å². The third-order valence-electron chi connectivity index (χ3n) is 5.18. The zero-order valence-electron chi connectivity index (χ0n) is 17.6. The number of fused-ring (bicyclic) bond motifs is 1. The number of nitrogens with one attached hydrogen (secondary N) is 2. The second-order valence-electron chi connectivity index (χ2n) is 7.53. The van der Waals surface area contributed by atoms with Gasteiger partial charge in [0.05, 0.1) is 29.0 Å². The van der Waals surface area contributed by atoms with Crippen molar-refractivity contribution in [2.24, 2.45) is 7.05 Å². The fourth-order valence-electron chi connectivity index (χ4n) is 3.48. The van der Waals surface area contributed by atoms with E-state index in [9.17, 15) is 17.6 Å². The Kier molecular flexibility index (Phi) is 5.19. The molecule has 34 heavy (non-hydrogen) atoms. The minimum Gasteiger partial charge on any atom is -0.364 e. The number of halogens is 4. The Labute approximate surface area is 189 Å². The van der Waals surface area contributed by atoms with Crippen LogP contribution in [0.15, 0.2) is 55.1 Å². The van der Waals surface area contributed by atoms with Crippen molar-refractivity contribution >= 4 is 17.0 Å². The van der Waals surface area contributed by atoms with E-state index in [2.05, 4.69) is 35.6 Å². The fourth-order valence-corrected chi connectivity index (χ4v) is 3.48. The number of anilines is 1. The number of rotatable bonds is 5. The summed E-state index contributed by atoms with van der Waals surface area (Å²) >= 11 is 0. The van der Waals surface area contributed by atoms with Gasteiger partial charge in [0.15, 0.2) is 5.65 Å². The van der Waals surface area contributed by atoms with Crippen LogP contribution in [0.4, 0.5) is 23.4 Å². The molecule has 0 atom stereocenters. The van der Waals surface area contributed by atoms with Crippen LogP contribution in [0.5, 0.6) is 0 Å². The molecular formula is C22H16F4N8. The lowest BCUT2D eigenvalue weighted by atomic mass is 10.0. The quantitative estimate of drug-likeness (QED) is 0.367. The zero-order valence-corrected chi connectivity index (χ0v) is 17.6. The van der Waals surface area contributed by atoms with Gasteiger partial charge < -0.3 is 10.3 Å². The van der Waals surface area contributed by atoms with Crippen LogP contribution in [0.2, 0.25) is 0 Å². The van der Waals surface area contributed by atoms with Crippen molar-refractivity contribution in [3.63, 3.8) is 0 Å². The molecule has 172 valence electrons. The molecule has 2 N–H and O–H groups in total. The summed E-state index contributed by atoms with van der Waals surface area (Å²) in [6, 6.07) is 7.21. The summed E-state index contributed by atoms with van der Waals surface area (Å²) in [4.78, 5) is 12.0. The first-order valence-electron chi connectivity index (χ1n) is 10.0. The van der Waals surface area contributed by atoms with E-state index in [-0.39, 0.29) is 17.9 Å². The number of alkyl halides is 3. The highest BCUT2D eigenvalue weighted by Gasteiger charge is 2.31. The number of hydrogen-bond acceptors (Lipinski definition) is 6. The van der Waals surface area contributed by atoms with Gasteiger partial charge in [0, 0.05) is 37.1 Å². The summed E-state index contributed by atoms with van der Waals surface area (Å²) in [6.45, 7) is -0.0664. The molecule has 0 spiro atoms. The van der Waals surface area contributed by atoms with E-state index in [1.807, 2.05) is 6.20 Å². The lowest BCUT2D eigenvalue weighted by molar-refractivity contribution is -0.137. The maximum absolute atomic E-state index is 14.9. The molecule has 0 aliphatic rings. The number of nitrogens with zero attached hydrogens (tertiary/aromatic N) is 6. The van der Waals surface area contributed by atoms with E-state index in [0.717, 1.165) is 11.6 Å². The minimum atomic E-state index is -4.54. The van der Waals surface area contributed by atoms with Gasteiger partial charge in [-0.05, 0) is 23.8 Å². The topological polar surface area (TPSA) is 97.2 Å². The van der Waals surface area contributed by atoms with Gasteiger partial charge in [-0.3, -0.25) is 4.68 Å². The van der Waals surface area contributed by atoms with Gasteiger partial charge in [0.2, 0.25) is 0 Å². The van der Waals surface area contributed by atoms with E-state index in [0.29, 0.717) is 34.3 Å². The minimum absolute atomic E-state index is 0.0664. The number of benzene rings is 1. The standard InChI is InChI=1S/C22H16F4N8/c1-34-11-14(9-30-34)20-31-19-16(4-5-27-21(19)32-20)12-2-3-13(17(23)6-12)8-28-18-7-15(10-29-33-18)22(24,25)26/h2-7,9-11H,8H2,1H3,(H,28,33)(H,27,31,32). The van der Waals surface area contributed by atoms with E-state index >= 15 is 0 Å². The van der Waals surface area contributed by atoms with Crippen molar-refractivity contribution in [3.8, 4) is 22.5 Å². The molecule has 4 aromatic heterocycles. The first-order chi connectivity index (χ1) is 16.3. The van der Waals surface area contributed by atoms with Gasteiger partial charge in [-0.15, -0.1) is 5.10 Å². The lowest BCUT2D eigenvalue weighted by Crippen LogP contribution is -2.09. The van der Waals surface area contributed by atoms with E-state index in [1.165, 1.54) is 6.07 Å². The van der Waals surface area contributed by atoms with Crippen LogP contribution in [-0.2, 0) is 19.8 Å². The number of hydrogen-bond donors (Lipinski definition) is 2. The van der Waals surface area contributed by atoms with Gasteiger partial charge in [0.1, 0.15) is 17.5 Å². The van der Waals surface area contributed by atoms with Crippen molar-refractivity contribution in [2.75, 3.05) is 5.32 Å². The van der Waals surface area contributed by atoms with E-state index in [4.69, 9.17) is 0 Å². The van der Waals surface area contributed by atoms with E-state index in [1.54, 1.807) is 42.3 Å². The van der Waals surface area contributed by atoms with Crippen LogP contribution < -0.4 is 5.32 Å². The molecule has 5 rings (SSSR count). The summed E-state index contributed by atoms with van der Waals surface area (Å²) in [5, 5.41) is 13.8. The molecule has 0 radical (unpaired) electrons. The smallest absolute Gasteiger partial charge is 0.364 e. The molecule has 0 fully saturated rings. The predicted octanol–water partition coefficient (Wildman–Crippen LogP) is 4.59. The number of H-pyrrole nitrogens is 1. The van der Waals surface area contributed by atoms with Crippen LogP contribution in [-0.4, -0.2) is 34.9 Å². The largest absolute Gasteiger partial charge is 0.418 e. The molecule has 8 nitrogen and oxygen atoms in total. The highest BCUT2D eigenvalue weighted by molar-refractivity contribution is 5.91. The molecule has 1 aromatic carbocycles. The van der Waals surface area contributed by atoms with Crippen LogP contribution in [0, 0.1) is 5.82 Å². The van der Waals surface area contributed by atoms with Crippen LogP contribution in [0.1, 0.15) is 11.1 Å². The summed E-state index contributed by atoms with van der Waals surface area (Å²) in [6.07, 6.45) is 1.16. The van der Waals surface area contributed by atoms with Gasteiger partial charge in [-0.1, -0.05) is 12.1 Å². The van der Waals surface area contributed by atoms with Crippen molar-refractivity contribution in [3.05, 3.63) is 72.1 Å². The highest BCUT2D eigenvalue weighted by atomic mass is 19.4. The van der Waals surface area contributed by atoms with Crippen LogP contribution in [0.3, 0.4) is 0 Å². The average molecular weight is 468 g/mol. The third kappa shape index (κ3) is 4.17. The molecule has 5 aromatic rings. The first kappa shape index (κ1) is 21.5. The Bertz CT molecular complexity index is 1490. The monoisotopic (exact) mass is 468 g/mol. The Morgan fingerprint density at radius 2 is 1.94 bits per heavy atom. The molecule has 4 heterocycles. The van der Waals surface area contributed by atoms with Crippen LogP contribution >= 0.6 is 0 Å². The second-order valence-corrected chi connectivity index (χ2v) is 7.53. The van der Waals surface area contributed by atoms with Crippen LogP contribution in [0.25, 0.3) is 33.7 Å². The summed E-state index contributed by atoms with van der Waals surface area (Å²) in [5.74, 6) is -0.0389. The highest BCUT2D eigenvalue weighted by Crippen LogP contribution is 2.31. The molecule has 0 saturated carbocycles. The molecular weight excluding hydrogens is 452 g/mol. The molecule has 0 aliphatic carbocycles. The maximum atomic E-state index is 14.9. The number of aromatic amines is 1. The maximum Gasteiger partial charge on any atom is 0.418 e. The van der Waals surface area contributed by atoms with Gasteiger partial charge in [-0.25, -0.2) is 14.4 Å². The summed E-state index contributed by atoms with van der Waals surface area (Å²) in [5.41, 5.74) is 2.53. The average Bonchev–Trinajstić information content (AvgIpc) is 3.44. The number of pyridine rings is 1. The summed E-state index contributed by atoms with van der Waals surface area (Å²) in [7, 11) is 1.80. The second kappa shape index (κ2) is 8.21. The third-order valence-corrected chi connectivity index (χ3v) is 5.18. The first-order valence-corrected chi connectivity index (χ1v) is 10.0. The zero-order chi connectivity index (χ0) is 23.9. The number of imidazole rings is 1. The number of aromatic nitrogens is 7. The Morgan fingerprint density at radius 3 is 2.68 bits per heavy atom. The van der Waals surface area contributed by atoms with Crippen molar-refractivity contribution in [2.45, 2.75) is 12.7 Å². The molecule has 0 amide bonds. The summed E-state index contributed by atoms with van der Waals surface area (Å²) < 4.78 is 55.0. The molecule has 0 unspecified atom stereocenters. The Morgan fingerprint density at radius 1 is 1.09 bits per heavy atom. The normalized spacial score (nSPS) is 11.8. The predicted molar refractivity (Wildman–Crippen MR) is 116 cm³/mol. The van der Waals surface area contributed by atoms with Gasteiger partial charge in [-0.2, -0.15) is 23.4 Å². The fraction of sp³-hybridized carbons (Fsp3) is 0.136. The molecule has 0 saturated heterocycles. The molecule has 0 aliphatic heterocycles. The SMILES string of the molecule is Cn1cc(-c2nc3nccc(-c4ccc(CNc5cc(C(F)(F)F)cnn5)c(F)c4)c3[nH]2)cn1. The van der Waals surface area contributed by atoms with Gasteiger partial charge in [0.25, 0.3) is 0 Å². The molecule has 0 bridgehead atoms. The number of aryl methyl sites for hydroxylation is 1.